The van der Waals surface area contributed by atoms with Crippen LogP contribution in [0.15, 0.2) is 53.5 Å². The van der Waals surface area contributed by atoms with Gasteiger partial charge in [0.25, 0.3) is 0 Å². The summed E-state index contributed by atoms with van der Waals surface area (Å²) in [4.78, 5) is 4.25. The summed E-state index contributed by atoms with van der Waals surface area (Å²) in [6.45, 7) is 4.96. The summed E-state index contributed by atoms with van der Waals surface area (Å²) < 4.78 is 16.6. The number of aryl methyl sites for hydroxylation is 1. The Morgan fingerprint density at radius 3 is 2.46 bits per heavy atom. The second kappa shape index (κ2) is 14.1. The first-order valence-electron chi connectivity index (χ1n) is 9.06. The predicted molar refractivity (Wildman–Crippen MR) is 124 cm³/mol. The van der Waals surface area contributed by atoms with E-state index in [1.54, 1.807) is 14.2 Å². The van der Waals surface area contributed by atoms with Gasteiger partial charge in [0.2, 0.25) is 0 Å². The largest absolute Gasteiger partial charge is 0.492 e. The number of aliphatic imine (C=N–C) groups is 1. The Morgan fingerprint density at radius 1 is 0.964 bits per heavy atom. The van der Waals surface area contributed by atoms with Gasteiger partial charge in [0, 0.05) is 26.3 Å². The quantitative estimate of drug-likeness (QED) is 0.227. The first-order chi connectivity index (χ1) is 13.2. The second-order valence-corrected chi connectivity index (χ2v) is 5.97. The molecule has 154 valence electrons. The fraction of sp³-hybridized carbons (Fsp3) is 0.381. The average molecular weight is 499 g/mol. The van der Waals surface area contributed by atoms with Crippen molar-refractivity contribution in [3.8, 4) is 11.5 Å². The van der Waals surface area contributed by atoms with Gasteiger partial charge >= 0.3 is 0 Å². The maximum Gasteiger partial charge on any atom is 0.191 e. The molecule has 0 atom stereocenters. The van der Waals surface area contributed by atoms with Gasteiger partial charge in [-0.15, -0.1) is 24.0 Å². The summed E-state index contributed by atoms with van der Waals surface area (Å²) in [7, 11) is 3.41. The SMILES string of the molecule is CN=C(NCCOc1ccccc1)NCc1ccc(C)cc1OCCOC.I. The van der Waals surface area contributed by atoms with Crippen LogP contribution in [-0.4, -0.2) is 46.5 Å². The molecule has 0 saturated carbocycles. The molecule has 0 spiro atoms. The Bertz CT molecular complexity index is 711. The molecule has 0 bridgehead atoms. The van der Waals surface area contributed by atoms with E-state index in [-0.39, 0.29) is 24.0 Å². The third kappa shape index (κ3) is 8.79. The van der Waals surface area contributed by atoms with Crippen molar-refractivity contribution in [2.45, 2.75) is 13.5 Å². The lowest BCUT2D eigenvalue weighted by molar-refractivity contribution is 0.145. The molecule has 0 heterocycles. The molecule has 0 saturated heterocycles. The van der Waals surface area contributed by atoms with Crippen LogP contribution in [-0.2, 0) is 11.3 Å². The molecule has 0 aliphatic carbocycles. The molecular formula is C21H30IN3O3. The zero-order chi connectivity index (χ0) is 19.3. The van der Waals surface area contributed by atoms with E-state index in [0.717, 1.165) is 28.6 Å². The third-order valence-corrected chi connectivity index (χ3v) is 3.84. The van der Waals surface area contributed by atoms with Crippen LogP contribution in [0.5, 0.6) is 11.5 Å². The number of ether oxygens (including phenoxy) is 3. The molecule has 0 unspecified atom stereocenters. The maximum atomic E-state index is 5.83. The monoisotopic (exact) mass is 499 g/mol. The zero-order valence-corrected chi connectivity index (χ0v) is 19.1. The van der Waals surface area contributed by atoms with Crippen molar-refractivity contribution in [1.29, 1.82) is 0 Å². The highest BCUT2D eigenvalue weighted by molar-refractivity contribution is 14.0. The molecule has 0 fully saturated rings. The number of nitrogens with one attached hydrogen (secondary N) is 2. The van der Waals surface area contributed by atoms with E-state index in [4.69, 9.17) is 14.2 Å². The van der Waals surface area contributed by atoms with Crippen molar-refractivity contribution in [3.63, 3.8) is 0 Å². The minimum Gasteiger partial charge on any atom is -0.492 e. The highest BCUT2D eigenvalue weighted by Gasteiger charge is 2.06. The van der Waals surface area contributed by atoms with Crippen LogP contribution in [0, 0.1) is 6.92 Å². The summed E-state index contributed by atoms with van der Waals surface area (Å²) in [5.74, 6) is 2.44. The third-order valence-electron chi connectivity index (χ3n) is 3.84. The Kier molecular flexibility index (Phi) is 12.1. The second-order valence-electron chi connectivity index (χ2n) is 5.97. The molecule has 28 heavy (non-hydrogen) atoms. The van der Waals surface area contributed by atoms with Crippen LogP contribution in [0.2, 0.25) is 0 Å². The molecule has 0 aliphatic heterocycles. The van der Waals surface area contributed by atoms with Crippen LogP contribution >= 0.6 is 24.0 Å². The van der Waals surface area contributed by atoms with E-state index in [1.807, 2.05) is 43.3 Å². The minimum atomic E-state index is 0. The van der Waals surface area contributed by atoms with Crippen molar-refractivity contribution >= 4 is 29.9 Å². The Morgan fingerprint density at radius 2 is 1.75 bits per heavy atom. The van der Waals surface area contributed by atoms with Crippen molar-refractivity contribution in [2.24, 2.45) is 4.99 Å². The van der Waals surface area contributed by atoms with Gasteiger partial charge in [-0.2, -0.15) is 0 Å². The smallest absolute Gasteiger partial charge is 0.191 e. The number of hydrogen-bond acceptors (Lipinski definition) is 4. The summed E-state index contributed by atoms with van der Waals surface area (Å²) in [5.41, 5.74) is 2.23. The lowest BCUT2D eigenvalue weighted by Gasteiger charge is -2.15. The van der Waals surface area contributed by atoms with E-state index in [2.05, 4.69) is 27.8 Å². The standard InChI is InChI=1S/C21H29N3O3.HI/c1-17-9-10-18(20(15-17)27-14-13-25-3)16-24-21(22-2)23-11-12-26-19-7-5-4-6-8-19;/h4-10,15H,11-14,16H2,1-3H3,(H2,22,23,24);1H. The molecule has 2 N–H and O–H groups in total. The molecular weight excluding hydrogens is 469 g/mol. The first kappa shape index (κ1) is 24.0. The van der Waals surface area contributed by atoms with E-state index in [9.17, 15) is 0 Å². The van der Waals surface area contributed by atoms with Crippen molar-refractivity contribution in [3.05, 3.63) is 59.7 Å². The summed E-state index contributed by atoms with van der Waals surface area (Å²) in [6, 6.07) is 15.9. The molecule has 0 amide bonds. The Hall–Kier alpha value is -2.00. The number of hydrogen-bond donors (Lipinski definition) is 2. The van der Waals surface area contributed by atoms with Crippen molar-refractivity contribution < 1.29 is 14.2 Å². The minimum absolute atomic E-state index is 0. The maximum absolute atomic E-state index is 5.83. The Labute approximate surface area is 184 Å². The Balaban J connectivity index is 0.00000392. The van der Waals surface area contributed by atoms with Gasteiger partial charge in [-0.25, -0.2) is 0 Å². The molecule has 0 aromatic heterocycles. The number of para-hydroxylation sites is 1. The van der Waals surface area contributed by atoms with Crippen LogP contribution in [0.25, 0.3) is 0 Å². The highest BCUT2D eigenvalue weighted by Crippen LogP contribution is 2.20. The van der Waals surface area contributed by atoms with Crippen LogP contribution < -0.4 is 20.1 Å². The zero-order valence-electron chi connectivity index (χ0n) is 16.7. The van der Waals surface area contributed by atoms with Gasteiger partial charge in [-0.3, -0.25) is 4.99 Å². The van der Waals surface area contributed by atoms with Crippen LogP contribution in [0.3, 0.4) is 0 Å². The lowest BCUT2D eigenvalue weighted by Crippen LogP contribution is -2.39. The molecule has 7 heteroatoms. The first-order valence-corrected chi connectivity index (χ1v) is 9.06. The number of rotatable bonds is 10. The highest BCUT2D eigenvalue weighted by atomic mass is 127. The topological polar surface area (TPSA) is 64.1 Å². The lowest BCUT2D eigenvalue weighted by atomic mass is 10.1. The number of benzene rings is 2. The normalized spacial score (nSPS) is 10.8. The van der Waals surface area contributed by atoms with Gasteiger partial charge < -0.3 is 24.8 Å². The molecule has 6 nitrogen and oxygen atoms in total. The van der Waals surface area contributed by atoms with Gasteiger partial charge in [0.15, 0.2) is 5.96 Å². The number of halogens is 1. The van der Waals surface area contributed by atoms with Crippen molar-refractivity contribution in [1.82, 2.24) is 10.6 Å². The fourth-order valence-electron chi connectivity index (χ4n) is 2.43. The average Bonchev–Trinajstić information content (AvgIpc) is 2.69. The van der Waals surface area contributed by atoms with E-state index >= 15 is 0 Å². The molecule has 0 aliphatic rings. The summed E-state index contributed by atoms with van der Waals surface area (Å²) in [6.07, 6.45) is 0. The van der Waals surface area contributed by atoms with Crippen LogP contribution in [0.1, 0.15) is 11.1 Å². The predicted octanol–water partition coefficient (Wildman–Crippen LogP) is 3.38. The van der Waals surface area contributed by atoms with Gasteiger partial charge in [-0.05, 0) is 30.7 Å². The van der Waals surface area contributed by atoms with E-state index in [1.165, 1.54) is 0 Å². The van der Waals surface area contributed by atoms with Gasteiger partial charge in [-0.1, -0.05) is 30.3 Å². The molecule has 2 aromatic carbocycles. The van der Waals surface area contributed by atoms with E-state index < -0.39 is 0 Å². The van der Waals surface area contributed by atoms with Crippen LogP contribution in [0.4, 0.5) is 0 Å². The fourth-order valence-corrected chi connectivity index (χ4v) is 2.43. The summed E-state index contributed by atoms with van der Waals surface area (Å²) >= 11 is 0. The number of methoxy groups -OCH3 is 1. The number of nitrogens with zero attached hydrogens (tertiary/aromatic N) is 1. The molecule has 2 rings (SSSR count). The van der Waals surface area contributed by atoms with Gasteiger partial charge in [0.05, 0.1) is 13.2 Å². The van der Waals surface area contributed by atoms with E-state index in [0.29, 0.717) is 32.9 Å². The number of guanidine groups is 1. The molecule has 2 aromatic rings. The molecule has 0 radical (unpaired) electrons. The summed E-state index contributed by atoms with van der Waals surface area (Å²) in [5, 5.41) is 6.55. The van der Waals surface area contributed by atoms with Gasteiger partial charge in [0.1, 0.15) is 24.7 Å². The van der Waals surface area contributed by atoms with Crippen molar-refractivity contribution in [2.75, 3.05) is 40.5 Å².